The topological polar surface area (TPSA) is 102 Å². The first kappa shape index (κ1) is 21.3. The summed E-state index contributed by atoms with van der Waals surface area (Å²) in [6.45, 7) is 2.04. The molecule has 3 rings (SSSR count). The zero-order valence-corrected chi connectivity index (χ0v) is 18.1. The first-order valence-corrected chi connectivity index (χ1v) is 12.1. The molecule has 0 bridgehead atoms. The SMILES string of the molecule is COc1ccc(NS(=O)(=O)c2ccc(N3CCCCS3(=O)=O)cc2C)cc1OC. The molecule has 0 radical (unpaired) electrons. The van der Waals surface area contributed by atoms with Crippen LogP contribution in [0.1, 0.15) is 18.4 Å². The van der Waals surface area contributed by atoms with Gasteiger partial charge in [0, 0.05) is 12.6 Å². The van der Waals surface area contributed by atoms with Gasteiger partial charge in [-0.3, -0.25) is 9.03 Å². The highest BCUT2D eigenvalue weighted by Gasteiger charge is 2.27. The Morgan fingerprint density at radius 3 is 2.34 bits per heavy atom. The average Bonchev–Trinajstić information content (AvgIpc) is 2.66. The van der Waals surface area contributed by atoms with Gasteiger partial charge in [0.15, 0.2) is 11.5 Å². The highest BCUT2D eigenvalue weighted by molar-refractivity contribution is 7.93. The predicted octanol–water partition coefficient (Wildman–Crippen LogP) is 2.74. The molecule has 0 spiro atoms. The summed E-state index contributed by atoms with van der Waals surface area (Å²) < 4.78 is 64.6. The van der Waals surface area contributed by atoms with Crippen LogP contribution >= 0.6 is 0 Å². The van der Waals surface area contributed by atoms with E-state index in [9.17, 15) is 16.8 Å². The number of benzene rings is 2. The number of rotatable bonds is 6. The Morgan fingerprint density at radius 1 is 1.00 bits per heavy atom. The smallest absolute Gasteiger partial charge is 0.262 e. The van der Waals surface area contributed by atoms with Crippen molar-refractivity contribution in [1.82, 2.24) is 0 Å². The fourth-order valence-corrected chi connectivity index (χ4v) is 6.19. The number of nitrogens with one attached hydrogen (secondary N) is 1. The van der Waals surface area contributed by atoms with Crippen molar-refractivity contribution in [2.45, 2.75) is 24.7 Å². The molecule has 8 nitrogen and oxygen atoms in total. The van der Waals surface area contributed by atoms with Crippen molar-refractivity contribution in [3.63, 3.8) is 0 Å². The summed E-state index contributed by atoms with van der Waals surface area (Å²) >= 11 is 0. The van der Waals surface area contributed by atoms with Crippen LogP contribution in [0.4, 0.5) is 11.4 Å². The number of hydrogen-bond acceptors (Lipinski definition) is 6. The molecule has 1 saturated heterocycles. The molecule has 1 aliphatic rings. The molecule has 1 fully saturated rings. The maximum atomic E-state index is 12.9. The van der Waals surface area contributed by atoms with Gasteiger partial charge in [-0.25, -0.2) is 16.8 Å². The number of nitrogens with zero attached hydrogens (tertiary/aromatic N) is 1. The second kappa shape index (κ2) is 8.11. The van der Waals surface area contributed by atoms with Crippen molar-refractivity contribution >= 4 is 31.4 Å². The van der Waals surface area contributed by atoms with E-state index < -0.39 is 20.0 Å². The number of methoxy groups -OCH3 is 2. The van der Waals surface area contributed by atoms with Gasteiger partial charge in [-0.15, -0.1) is 0 Å². The van der Waals surface area contributed by atoms with E-state index in [4.69, 9.17) is 9.47 Å². The minimum atomic E-state index is -3.88. The van der Waals surface area contributed by atoms with E-state index in [0.29, 0.717) is 41.4 Å². The maximum Gasteiger partial charge on any atom is 0.262 e. The summed E-state index contributed by atoms with van der Waals surface area (Å²) in [7, 11) is -4.28. The van der Waals surface area contributed by atoms with Crippen molar-refractivity contribution in [2.24, 2.45) is 0 Å². The Hall–Kier alpha value is -2.46. The van der Waals surface area contributed by atoms with E-state index in [1.807, 2.05) is 0 Å². The molecule has 0 saturated carbocycles. The van der Waals surface area contributed by atoms with Gasteiger partial charge in [0.25, 0.3) is 10.0 Å². The first-order chi connectivity index (χ1) is 13.7. The average molecular weight is 441 g/mol. The van der Waals surface area contributed by atoms with Crippen LogP contribution in [0.25, 0.3) is 0 Å². The molecule has 1 aliphatic heterocycles. The number of anilines is 2. The molecule has 158 valence electrons. The minimum absolute atomic E-state index is 0.0745. The zero-order valence-electron chi connectivity index (χ0n) is 16.5. The lowest BCUT2D eigenvalue weighted by Crippen LogP contribution is -2.37. The zero-order chi connectivity index (χ0) is 21.2. The third kappa shape index (κ3) is 4.43. The fourth-order valence-electron chi connectivity index (χ4n) is 3.28. The predicted molar refractivity (Wildman–Crippen MR) is 112 cm³/mol. The van der Waals surface area contributed by atoms with Gasteiger partial charge in [0.05, 0.1) is 36.2 Å². The van der Waals surface area contributed by atoms with Crippen molar-refractivity contribution < 1.29 is 26.3 Å². The third-order valence-corrected chi connectivity index (χ3v) is 8.13. The van der Waals surface area contributed by atoms with Gasteiger partial charge in [0.2, 0.25) is 10.0 Å². The molecule has 0 atom stereocenters. The molecule has 0 unspecified atom stereocenters. The summed E-state index contributed by atoms with van der Waals surface area (Å²) in [4.78, 5) is 0.0745. The van der Waals surface area contributed by atoms with Crippen molar-refractivity contribution in [2.75, 3.05) is 35.5 Å². The normalized spacial score (nSPS) is 16.3. The van der Waals surface area contributed by atoms with Crippen LogP contribution in [0, 0.1) is 6.92 Å². The minimum Gasteiger partial charge on any atom is -0.493 e. The number of aryl methyl sites for hydroxylation is 1. The lowest BCUT2D eigenvalue weighted by Gasteiger charge is -2.28. The number of sulfonamides is 2. The second-order valence-corrected chi connectivity index (χ2v) is 10.4. The van der Waals surface area contributed by atoms with Gasteiger partial charge in [-0.1, -0.05) is 0 Å². The number of ether oxygens (including phenoxy) is 2. The molecule has 2 aromatic rings. The van der Waals surface area contributed by atoms with Gasteiger partial charge < -0.3 is 9.47 Å². The van der Waals surface area contributed by atoms with Crippen molar-refractivity contribution in [3.05, 3.63) is 42.0 Å². The standard InChI is InChI=1S/C19H24N2O6S2/c1-14-12-16(21-10-4-5-11-28(21,22)23)7-9-19(14)29(24,25)20-15-6-8-17(26-2)18(13-15)27-3/h6-9,12-13,20H,4-5,10-11H2,1-3H3. The molecule has 1 N–H and O–H groups in total. The van der Waals surface area contributed by atoms with E-state index in [0.717, 1.165) is 6.42 Å². The van der Waals surface area contributed by atoms with Gasteiger partial charge in [-0.2, -0.15) is 0 Å². The summed E-state index contributed by atoms with van der Waals surface area (Å²) in [5, 5.41) is 0. The number of hydrogen-bond donors (Lipinski definition) is 1. The molecule has 1 heterocycles. The molecular weight excluding hydrogens is 416 g/mol. The molecule has 10 heteroatoms. The second-order valence-electron chi connectivity index (χ2n) is 6.72. The van der Waals surface area contributed by atoms with Crippen molar-refractivity contribution in [1.29, 1.82) is 0 Å². The van der Waals surface area contributed by atoms with E-state index >= 15 is 0 Å². The summed E-state index contributed by atoms with van der Waals surface area (Å²) in [5.74, 6) is 0.987. The largest absolute Gasteiger partial charge is 0.493 e. The van der Waals surface area contributed by atoms with Crippen LogP contribution in [0.3, 0.4) is 0 Å². The maximum absolute atomic E-state index is 12.9. The Morgan fingerprint density at radius 2 is 1.72 bits per heavy atom. The molecule has 0 aromatic heterocycles. The van der Waals surface area contributed by atoms with Gasteiger partial charge in [0.1, 0.15) is 0 Å². The highest BCUT2D eigenvalue weighted by atomic mass is 32.2. The molecule has 0 amide bonds. The van der Waals surface area contributed by atoms with Gasteiger partial charge >= 0.3 is 0 Å². The van der Waals surface area contributed by atoms with Crippen LogP contribution in [-0.2, 0) is 20.0 Å². The molecule has 2 aromatic carbocycles. The lowest BCUT2D eigenvalue weighted by molar-refractivity contribution is 0.355. The summed E-state index contributed by atoms with van der Waals surface area (Å²) in [6.07, 6.45) is 1.42. The first-order valence-electron chi connectivity index (χ1n) is 9.04. The Bertz CT molecular complexity index is 1110. The Balaban J connectivity index is 1.90. The molecule has 29 heavy (non-hydrogen) atoms. The third-order valence-electron chi connectivity index (χ3n) is 4.72. The van der Waals surface area contributed by atoms with Gasteiger partial charge in [-0.05, 0) is 55.7 Å². The van der Waals surface area contributed by atoms with E-state index in [1.165, 1.54) is 36.7 Å². The van der Waals surface area contributed by atoms with Crippen molar-refractivity contribution in [3.8, 4) is 11.5 Å². The summed E-state index contributed by atoms with van der Waals surface area (Å²) in [6, 6.07) is 9.25. The van der Waals surface area contributed by atoms with Crippen LogP contribution in [-0.4, -0.2) is 43.4 Å². The van der Waals surface area contributed by atoms with E-state index in [1.54, 1.807) is 25.1 Å². The van der Waals surface area contributed by atoms with Crippen LogP contribution in [0.5, 0.6) is 11.5 Å². The fraction of sp³-hybridized carbons (Fsp3) is 0.368. The molecular formula is C19H24N2O6S2. The van der Waals surface area contributed by atoms with E-state index in [2.05, 4.69) is 4.72 Å². The van der Waals surface area contributed by atoms with Crippen LogP contribution in [0.2, 0.25) is 0 Å². The Kier molecular flexibility index (Phi) is 5.95. The van der Waals surface area contributed by atoms with E-state index in [-0.39, 0.29) is 10.6 Å². The molecule has 0 aliphatic carbocycles. The highest BCUT2D eigenvalue weighted by Crippen LogP contribution is 2.32. The lowest BCUT2D eigenvalue weighted by atomic mass is 10.2. The Labute approximate surface area is 171 Å². The monoisotopic (exact) mass is 440 g/mol. The van der Waals surface area contributed by atoms with Crippen LogP contribution in [0.15, 0.2) is 41.3 Å². The van der Waals surface area contributed by atoms with Crippen LogP contribution < -0.4 is 18.5 Å². The quantitative estimate of drug-likeness (QED) is 0.741. The summed E-state index contributed by atoms with van der Waals surface area (Å²) in [5.41, 5.74) is 1.26.